The summed E-state index contributed by atoms with van der Waals surface area (Å²) < 4.78 is 1.97. The summed E-state index contributed by atoms with van der Waals surface area (Å²) in [4.78, 5) is 31.2. The highest BCUT2D eigenvalue weighted by Gasteiger charge is 2.21. The van der Waals surface area contributed by atoms with Gasteiger partial charge in [-0.1, -0.05) is 6.92 Å². The zero-order valence-corrected chi connectivity index (χ0v) is 16.4. The number of nitrogens with zero attached hydrogens (tertiary/aromatic N) is 2. The van der Waals surface area contributed by atoms with Crippen LogP contribution in [0.1, 0.15) is 49.6 Å². The first-order chi connectivity index (χ1) is 12.9. The number of hydrogen-bond acceptors (Lipinski definition) is 4. The molecule has 2 aromatic heterocycles. The smallest absolute Gasteiger partial charge is 0.279 e. The lowest BCUT2D eigenvalue weighted by atomic mass is 9.90. The highest BCUT2D eigenvalue weighted by molar-refractivity contribution is 7.14. The van der Waals surface area contributed by atoms with E-state index in [0.717, 1.165) is 29.7 Å². The lowest BCUT2D eigenvalue weighted by Crippen LogP contribution is -2.41. The Morgan fingerprint density at radius 3 is 2.81 bits per heavy atom. The minimum Gasteiger partial charge on any atom is -0.331 e. The van der Waals surface area contributed by atoms with Gasteiger partial charge in [-0.2, -0.15) is 0 Å². The van der Waals surface area contributed by atoms with Gasteiger partial charge in [0.15, 0.2) is 0 Å². The van der Waals surface area contributed by atoms with Crippen molar-refractivity contribution >= 4 is 34.2 Å². The number of hydrogen-bond donors (Lipinski definition) is 2. The lowest BCUT2D eigenvalue weighted by molar-refractivity contribution is 0.0849. The minimum absolute atomic E-state index is 0.273. The number of carbonyl (C=O) groups is 2. The van der Waals surface area contributed by atoms with Crippen LogP contribution in [0.5, 0.6) is 0 Å². The fourth-order valence-corrected chi connectivity index (χ4v) is 4.63. The average Bonchev–Trinajstić information content (AvgIpc) is 3.19. The molecule has 4 rings (SSSR count). The molecule has 140 valence electrons. The number of thiophene rings is 1. The lowest BCUT2D eigenvalue weighted by Gasteiger charge is -2.16. The number of rotatable bonds is 2. The van der Waals surface area contributed by atoms with E-state index in [9.17, 15) is 9.59 Å². The Morgan fingerprint density at radius 2 is 2.00 bits per heavy atom. The molecule has 1 aliphatic carbocycles. The van der Waals surface area contributed by atoms with Crippen molar-refractivity contribution in [3.8, 4) is 0 Å². The van der Waals surface area contributed by atoms with E-state index in [-0.39, 0.29) is 11.8 Å². The van der Waals surface area contributed by atoms with Crippen molar-refractivity contribution < 1.29 is 9.59 Å². The van der Waals surface area contributed by atoms with Crippen LogP contribution in [0.2, 0.25) is 0 Å². The summed E-state index contributed by atoms with van der Waals surface area (Å²) in [6.45, 7) is 4.15. The number of benzene rings is 1. The van der Waals surface area contributed by atoms with E-state index < -0.39 is 0 Å². The van der Waals surface area contributed by atoms with Crippen molar-refractivity contribution in [3.05, 3.63) is 51.0 Å². The van der Waals surface area contributed by atoms with E-state index in [0.29, 0.717) is 16.4 Å². The Kier molecular flexibility index (Phi) is 4.47. The van der Waals surface area contributed by atoms with Crippen LogP contribution < -0.4 is 10.9 Å². The van der Waals surface area contributed by atoms with Crippen LogP contribution in [-0.4, -0.2) is 21.4 Å². The first kappa shape index (κ1) is 17.7. The third-order valence-corrected chi connectivity index (χ3v) is 6.45. The van der Waals surface area contributed by atoms with E-state index in [2.05, 4.69) is 22.8 Å². The quantitative estimate of drug-likeness (QED) is 0.669. The number of aryl methyl sites for hydroxylation is 3. The van der Waals surface area contributed by atoms with Gasteiger partial charge in [-0.3, -0.25) is 20.4 Å². The number of nitrogens with one attached hydrogen (secondary N) is 2. The molecule has 1 aromatic carbocycles. The number of carbonyl (C=O) groups excluding carboxylic acids is 2. The second kappa shape index (κ2) is 6.81. The number of imidazole rings is 1. The molecular weight excluding hydrogens is 360 g/mol. The van der Waals surface area contributed by atoms with Gasteiger partial charge in [-0.25, -0.2) is 4.98 Å². The third-order valence-electron chi connectivity index (χ3n) is 5.21. The molecule has 0 saturated heterocycles. The van der Waals surface area contributed by atoms with Gasteiger partial charge in [-0.05, 0) is 61.9 Å². The average molecular weight is 382 g/mol. The number of amides is 2. The number of aromatic nitrogens is 2. The molecule has 2 amide bonds. The normalized spacial score (nSPS) is 16.2. The van der Waals surface area contributed by atoms with Crippen molar-refractivity contribution in [2.45, 2.75) is 33.1 Å². The molecule has 27 heavy (non-hydrogen) atoms. The molecule has 1 aliphatic rings. The molecule has 6 nitrogen and oxygen atoms in total. The first-order valence-electron chi connectivity index (χ1n) is 9.07. The fourth-order valence-electron chi connectivity index (χ4n) is 3.53. The molecule has 1 atom stereocenters. The van der Waals surface area contributed by atoms with E-state index in [4.69, 9.17) is 0 Å². The molecule has 0 fully saturated rings. The maximum Gasteiger partial charge on any atom is 0.279 e. The summed E-state index contributed by atoms with van der Waals surface area (Å²) in [5.41, 5.74) is 8.49. The molecule has 2 N–H and O–H groups in total. The first-order valence-corrected chi connectivity index (χ1v) is 9.89. The van der Waals surface area contributed by atoms with Crippen LogP contribution in [0.3, 0.4) is 0 Å². The van der Waals surface area contributed by atoms with Crippen molar-refractivity contribution in [2.24, 2.45) is 13.0 Å². The number of hydrazine groups is 1. The predicted octanol–water partition coefficient (Wildman–Crippen LogP) is 3.14. The molecule has 0 saturated carbocycles. The molecule has 1 unspecified atom stereocenters. The van der Waals surface area contributed by atoms with Crippen LogP contribution in [0.4, 0.5) is 0 Å². The summed E-state index contributed by atoms with van der Waals surface area (Å²) in [7, 11) is 1.94. The van der Waals surface area contributed by atoms with Crippen molar-refractivity contribution in [1.29, 1.82) is 0 Å². The third kappa shape index (κ3) is 3.35. The van der Waals surface area contributed by atoms with E-state index in [1.54, 1.807) is 12.1 Å². The van der Waals surface area contributed by atoms with Gasteiger partial charge in [0.2, 0.25) is 0 Å². The van der Waals surface area contributed by atoms with Gasteiger partial charge >= 0.3 is 0 Å². The highest BCUT2D eigenvalue weighted by Crippen LogP contribution is 2.32. The highest BCUT2D eigenvalue weighted by atomic mass is 32.1. The van der Waals surface area contributed by atoms with E-state index in [1.807, 2.05) is 30.7 Å². The van der Waals surface area contributed by atoms with E-state index >= 15 is 0 Å². The van der Waals surface area contributed by atoms with Gasteiger partial charge < -0.3 is 4.57 Å². The summed E-state index contributed by atoms with van der Waals surface area (Å²) in [6.07, 6.45) is 3.22. The molecule has 3 aromatic rings. The van der Waals surface area contributed by atoms with Crippen molar-refractivity contribution in [3.63, 3.8) is 0 Å². The Bertz CT molecular complexity index is 1050. The molecule has 2 heterocycles. The second-order valence-corrected chi connectivity index (χ2v) is 8.37. The summed E-state index contributed by atoms with van der Waals surface area (Å²) in [5.74, 6) is 0.911. The van der Waals surface area contributed by atoms with Gasteiger partial charge in [0.05, 0.1) is 15.9 Å². The van der Waals surface area contributed by atoms with Gasteiger partial charge in [0.1, 0.15) is 5.82 Å². The molecule has 0 spiro atoms. The Labute approximate surface area is 161 Å². The molecule has 7 heteroatoms. The van der Waals surface area contributed by atoms with Crippen LogP contribution in [0.15, 0.2) is 24.3 Å². The Balaban J connectivity index is 1.44. The zero-order chi connectivity index (χ0) is 19.1. The summed E-state index contributed by atoms with van der Waals surface area (Å²) >= 11 is 1.52. The maximum absolute atomic E-state index is 12.4. The summed E-state index contributed by atoms with van der Waals surface area (Å²) in [5, 5.41) is 0. The topological polar surface area (TPSA) is 76.0 Å². The zero-order valence-electron chi connectivity index (χ0n) is 15.6. The minimum atomic E-state index is -0.358. The number of fused-ring (bicyclic) bond motifs is 2. The van der Waals surface area contributed by atoms with Crippen molar-refractivity contribution in [1.82, 2.24) is 20.4 Å². The predicted molar refractivity (Wildman–Crippen MR) is 106 cm³/mol. The molecule has 0 bridgehead atoms. The van der Waals surface area contributed by atoms with E-state index in [1.165, 1.54) is 28.2 Å². The second-order valence-electron chi connectivity index (χ2n) is 7.24. The van der Waals surface area contributed by atoms with Gasteiger partial charge in [-0.15, -0.1) is 11.3 Å². The molecular formula is C20H22N4O2S. The summed E-state index contributed by atoms with van der Waals surface area (Å²) in [6, 6.07) is 7.28. The van der Waals surface area contributed by atoms with Crippen molar-refractivity contribution in [2.75, 3.05) is 0 Å². The fraction of sp³-hybridized carbons (Fsp3) is 0.350. The molecule has 0 aliphatic heterocycles. The van der Waals surface area contributed by atoms with Crippen LogP contribution in [0.25, 0.3) is 11.0 Å². The van der Waals surface area contributed by atoms with Gasteiger partial charge in [0, 0.05) is 17.5 Å². The SMILES string of the molecule is Cc1nc2cc(C(=O)NNC(=O)c3cc4c(s3)CCC(C)C4)ccc2n1C. The largest absolute Gasteiger partial charge is 0.331 e. The van der Waals surface area contributed by atoms with Crippen LogP contribution in [0, 0.1) is 12.8 Å². The van der Waals surface area contributed by atoms with Crippen LogP contribution >= 0.6 is 11.3 Å². The standard InChI is InChI=1S/C20H22N4O2S/c1-11-4-7-17-14(8-11)10-18(27-17)20(26)23-22-19(25)13-5-6-16-15(9-13)21-12(2)24(16)3/h5-6,9-11H,4,7-8H2,1-3H3,(H,22,25)(H,23,26). The maximum atomic E-state index is 12.4. The monoisotopic (exact) mass is 382 g/mol. The van der Waals surface area contributed by atoms with Gasteiger partial charge in [0.25, 0.3) is 11.8 Å². The Morgan fingerprint density at radius 1 is 1.22 bits per heavy atom. The molecule has 0 radical (unpaired) electrons. The Hall–Kier alpha value is -2.67. The van der Waals surface area contributed by atoms with Crippen LogP contribution in [-0.2, 0) is 19.9 Å².